The minimum Gasteiger partial charge on any atom is -0.481 e. The second kappa shape index (κ2) is 13.9. The lowest BCUT2D eigenvalue weighted by Gasteiger charge is -2.10. The van der Waals surface area contributed by atoms with E-state index >= 15 is 0 Å². The average Bonchev–Trinajstić information content (AvgIpc) is 2.74. The Labute approximate surface area is 178 Å². The number of primary amides is 1. The summed E-state index contributed by atoms with van der Waals surface area (Å²) in [5.74, 6) is -1.67. The zero-order chi connectivity index (χ0) is 22.4. The Balaban J connectivity index is 0.000000479. The van der Waals surface area contributed by atoms with Crippen molar-refractivity contribution in [2.45, 2.75) is 46.0 Å². The van der Waals surface area contributed by atoms with Gasteiger partial charge >= 0.3 is 11.9 Å². The molecule has 3 N–H and O–H groups in total. The van der Waals surface area contributed by atoms with Crippen molar-refractivity contribution < 1.29 is 24.2 Å². The molecule has 162 valence electrons. The quantitative estimate of drug-likeness (QED) is 0.567. The molecule has 0 unspecified atom stereocenters. The standard InChI is InChI=1S/C20H24O2.C4H7NO3/c1-3-22-20(21)16(2)8-7-9-17-12-14-19(15-13-17)18-10-5-4-6-11-18;5-3(6)1-2-4(7)8/h4-6,10-16H,3,7-9H2,1-2H3;1-2H2,(H2,5,6)(H,7,8)/t16-;/m1./s1. The van der Waals surface area contributed by atoms with Gasteiger partial charge in [-0.1, -0.05) is 61.5 Å². The fraction of sp³-hybridized carbons (Fsp3) is 0.375. The smallest absolute Gasteiger partial charge is 0.308 e. The van der Waals surface area contributed by atoms with E-state index < -0.39 is 11.9 Å². The molecular weight excluding hydrogens is 382 g/mol. The van der Waals surface area contributed by atoms with Gasteiger partial charge in [-0.05, 0) is 42.9 Å². The molecule has 1 atom stereocenters. The number of aliphatic carboxylic acids is 1. The van der Waals surface area contributed by atoms with Crippen molar-refractivity contribution in [1.82, 2.24) is 0 Å². The second-order valence-electron chi connectivity index (χ2n) is 6.97. The number of hydrogen-bond donors (Lipinski definition) is 2. The fourth-order valence-electron chi connectivity index (χ4n) is 2.74. The number of hydrogen-bond acceptors (Lipinski definition) is 4. The molecule has 30 heavy (non-hydrogen) atoms. The maximum Gasteiger partial charge on any atom is 0.308 e. The summed E-state index contributed by atoms with van der Waals surface area (Å²) in [5, 5.41) is 7.95. The number of amides is 1. The number of carboxylic acids is 1. The molecule has 0 aliphatic carbocycles. The van der Waals surface area contributed by atoms with Crippen molar-refractivity contribution >= 4 is 17.8 Å². The first-order chi connectivity index (χ1) is 14.3. The highest BCUT2D eigenvalue weighted by Gasteiger charge is 2.13. The summed E-state index contributed by atoms with van der Waals surface area (Å²) in [4.78, 5) is 31.1. The highest BCUT2D eigenvalue weighted by molar-refractivity contribution is 5.79. The third-order valence-electron chi connectivity index (χ3n) is 4.44. The molecule has 2 aromatic carbocycles. The lowest BCUT2D eigenvalue weighted by molar-refractivity contribution is -0.147. The van der Waals surface area contributed by atoms with Crippen LogP contribution in [0.2, 0.25) is 0 Å². The van der Waals surface area contributed by atoms with Crippen molar-refractivity contribution in [3.63, 3.8) is 0 Å². The summed E-state index contributed by atoms with van der Waals surface area (Å²) in [6, 6.07) is 19.1. The number of benzene rings is 2. The molecule has 0 saturated carbocycles. The molecule has 0 radical (unpaired) electrons. The molecule has 0 aliphatic rings. The van der Waals surface area contributed by atoms with Crippen LogP contribution in [0.3, 0.4) is 0 Å². The Morgan fingerprint density at radius 3 is 2.07 bits per heavy atom. The summed E-state index contributed by atoms with van der Waals surface area (Å²) < 4.78 is 5.03. The topological polar surface area (TPSA) is 107 Å². The Morgan fingerprint density at radius 1 is 0.967 bits per heavy atom. The van der Waals surface area contributed by atoms with Crippen molar-refractivity contribution in [3.05, 3.63) is 60.2 Å². The first-order valence-electron chi connectivity index (χ1n) is 10.1. The highest BCUT2D eigenvalue weighted by Crippen LogP contribution is 2.20. The average molecular weight is 414 g/mol. The largest absolute Gasteiger partial charge is 0.481 e. The molecule has 0 aromatic heterocycles. The molecule has 2 rings (SSSR count). The first-order valence-corrected chi connectivity index (χ1v) is 10.1. The number of carbonyl (C=O) groups is 3. The summed E-state index contributed by atoms with van der Waals surface area (Å²) >= 11 is 0. The fourth-order valence-corrected chi connectivity index (χ4v) is 2.74. The molecule has 0 heterocycles. The van der Waals surface area contributed by atoms with Gasteiger partial charge in [0.2, 0.25) is 5.91 Å². The predicted octanol–water partition coefficient (Wildman–Crippen LogP) is 4.21. The van der Waals surface area contributed by atoms with Gasteiger partial charge < -0.3 is 15.6 Å². The van der Waals surface area contributed by atoms with Crippen LogP contribution < -0.4 is 5.73 Å². The van der Waals surface area contributed by atoms with Crippen LogP contribution in [-0.2, 0) is 25.5 Å². The Bertz CT molecular complexity index is 773. The van der Waals surface area contributed by atoms with Gasteiger partial charge in [0, 0.05) is 6.42 Å². The van der Waals surface area contributed by atoms with E-state index in [0.29, 0.717) is 6.61 Å². The number of ether oxygens (including phenoxy) is 1. The lowest BCUT2D eigenvalue weighted by atomic mass is 9.99. The monoisotopic (exact) mass is 413 g/mol. The maximum absolute atomic E-state index is 11.6. The van der Waals surface area contributed by atoms with E-state index in [1.165, 1.54) is 16.7 Å². The van der Waals surface area contributed by atoms with Gasteiger partial charge in [0.25, 0.3) is 0 Å². The van der Waals surface area contributed by atoms with E-state index in [-0.39, 0.29) is 24.7 Å². The van der Waals surface area contributed by atoms with Gasteiger partial charge in [-0.2, -0.15) is 0 Å². The van der Waals surface area contributed by atoms with Gasteiger partial charge in [-0.15, -0.1) is 0 Å². The Morgan fingerprint density at radius 2 is 1.57 bits per heavy atom. The molecule has 0 aliphatic heterocycles. The molecule has 0 fully saturated rings. The van der Waals surface area contributed by atoms with Crippen LogP contribution in [0, 0.1) is 5.92 Å². The number of carbonyl (C=O) groups excluding carboxylic acids is 2. The van der Waals surface area contributed by atoms with E-state index in [0.717, 1.165) is 19.3 Å². The number of esters is 1. The molecule has 6 nitrogen and oxygen atoms in total. The van der Waals surface area contributed by atoms with Crippen LogP contribution in [0.4, 0.5) is 0 Å². The van der Waals surface area contributed by atoms with E-state index in [9.17, 15) is 14.4 Å². The zero-order valence-electron chi connectivity index (χ0n) is 17.7. The van der Waals surface area contributed by atoms with Crippen LogP contribution in [-0.4, -0.2) is 29.6 Å². The minimum atomic E-state index is -0.996. The van der Waals surface area contributed by atoms with E-state index in [1.54, 1.807) is 0 Å². The van der Waals surface area contributed by atoms with Crippen LogP contribution in [0.15, 0.2) is 54.6 Å². The summed E-state index contributed by atoms with van der Waals surface area (Å²) in [7, 11) is 0. The molecule has 1 amide bonds. The van der Waals surface area contributed by atoms with Crippen LogP contribution in [0.25, 0.3) is 11.1 Å². The summed E-state index contributed by atoms with van der Waals surface area (Å²) in [5.41, 5.74) is 8.43. The summed E-state index contributed by atoms with van der Waals surface area (Å²) in [6.07, 6.45) is 2.63. The van der Waals surface area contributed by atoms with Crippen LogP contribution in [0.5, 0.6) is 0 Å². The van der Waals surface area contributed by atoms with Gasteiger partial charge in [0.1, 0.15) is 0 Å². The second-order valence-corrected chi connectivity index (χ2v) is 6.97. The number of carboxylic acid groups (broad SMARTS) is 1. The van der Waals surface area contributed by atoms with Crippen molar-refractivity contribution in [3.8, 4) is 11.1 Å². The molecule has 0 bridgehead atoms. The number of nitrogens with two attached hydrogens (primary N) is 1. The third-order valence-corrected chi connectivity index (χ3v) is 4.44. The van der Waals surface area contributed by atoms with E-state index in [2.05, 4.69) is 54.3 Å². The van der Waals surface area contributed by atoms with Gasteiger partial charge in [0.15, 0.2) is 0 Å². The van der Waals surface area contributed by atoms with Crippen LogP contribution >= 0.6 is 0 Å². The van der Waals surface area contributed by atoms with E-state index in [4.69, 9.17) is 9.84 Å². The third kappa shape index (κ3) is 10.4. The molecule has 0 spiro atoms. The van der Waals surface area contributed by atoms with E-state index in [1.807, 2.05) is 19.9 Å². The first kappa shape index (κ1) is 24.9. The SMILES string of the molecule is CCOC(=O)[C@H](C)CCCc1ccc(-c2ccccc2)cc1.NC(=O)CCC(=O)O. The van der Waals surface area contributed by atoms with Gasteiger partial charge in [-0.25, -0.2) is 0 Å². The Kier molecular flexibility index (Phi) is 11.6. The lowest BCUT2D eigenvalue weighted by Crippen LogP contribution is -2.14. The van der Waals surface area contributed by atoms with Crippen molar-refractivity contribution in [1.29, 1.82) is 0 Å². The van der Waals surface area contributed by atoms with Crippen molar-refractivity contribution in [2.75, 3.05) is 6.61 Å². The minimum absolute atomic E-state index is 0.0106. The van der Waals surface area contributed by atoms with Gasteiger partial charge in [0.05, 0.1) is 18.9 Å². The van der Waals surface area contributed by atoms with Gasteiger partial charge in [-0.3, -0.25) is 14.4 Å². The molecule has 0 saturated heterocycles. The van der Waals surface area contributed by atoms with Crippen LogP contribution in [0.1, 0.15) is 45.1 Å². The summed E-state index contributed by atoms with van der Waals surface area (Å²) in [6.45, 7) is 4.25. The maximum atomic E-state index is 11.6. The highest BCUT2D eigenvalue weighted by atomic mass is 16.5. The normalized spacial score (nSPS) is 11.0. The molecule has 6 heteroatoms. The predicted molar refractivity (Wildman–Crippen MR) is 117 cm³/mol. The van der Waals surface area contributed by atoms with Crippen molar-refractivity contribution in [2.24, 2.45) is 11.7 Å². The number of aryl methyl sites for hydroxylation is 1. The Hall–Kier alpha value is -3.15. The molecule has 2 aromatic rings. The number of rotatable bonds is 10. The zero-order valence-corrected chi connectivity index (χ0v) is 17.7. The molecular formula is C24H31NO5.